The average Bonchev–Trinajstić information content (AvgIpc) is 2.78. The van der Waals surface area contributed by atoms with Gasteiger partial charge in [-0.05, 0) is 25.0 Å². The van der Waals surface area contributed by atoms with E-state index in [1.165, 1.54) is 0 Å². The molecule has 58 valence electrons. The Hall–Kier alpha value is -1.25. The van der Waals surface area contributed by atoms with Gasteiger partial charge in [-0.25, -0.2) is 4.98 Å². The van der Waals surface area contributed by atoms with E-state index in [2.05, 4.69) is 4.98 Å². The van der Waals surface area contributed by atoms with Crippen LogP contribution in [0.4, 0.5) is 0 Å². The third-order valence-corrected chi connectivity index (χ3v) is 1.55. The van der Waals surface area contributed by atoms with Crippen molar-refractivity contribution in [1.82, 2.24) is 4.98 Å². The molecule has 0 unspecified atom stereocenters. The van der Waals surface area contributed by atoms with E-state index >= 15 is 0 Å². The van der Waals surface area contributed by atoms with Gasteiger partial charge in [0.25, 0.3) is 5.88 Å². The van der Waals surface area contributed by atoms with Crippen molar-refractivity contribution in [1.29, 1.82) is 0 Å². The lowest BCUT2D eigenvalue weighted by Gasteiger charge is -2.03. The molecule has 1 N–H and O–H groups in total. The van der Waals surface area contributed by atoms with Gasteiger partial charge in [0.2, 0.25) is 0 Å². The van der Waals surface area contributed by atoms with Crippen LogP contribution in [0.2, 0.25) is 0 Å². The Morgan fingerprint density at radius 1 is 1.55 bits per heavy atom. The summed E-state index contributed by atoms with van der Waals surface area (Å²) in [6, 6.07) is 3.25. The number of hydrogen-bond acceptors (Lipinski definition) is 3. The van der Waals surface area contributed by atoms with Crippen molar-refractivity contribution in [2.75, 3.05) is 0 Å². The van der Waals surface area contributed by atoms with Crippen molar-refractivity contribution >= 4 is 0 Å². The van der Waals surface area contributed by atoms with Gasteiger partial charge in [0.05, 0.1) is 0 Å². The molecule has 1 aromatic rings. The number of aromatic nitrogens is 1. The number of ether oxygens (including phenoxy) is 1. The summed E-state index contributed by atoms with van der Waals surface area (Å²) in [4.78, 5) is 3.89. The van der Waals surface area contributed by atoms with Gasteiger partial charge < -0.3 is 9.84 Å². The minimum atomic E-state index is 0.124. The predicted molar refractivity (Wildman–Crippen MR) is 39.6 cm³/mol. The predicted octanol–water partition coefficient (Wildman–Crippen LogP) is 1.33. The first-order valence-electron chi connectivity index (χ1n) is 3.67. The minimum absolute atomic E-state index is 0.124. The largest absolute Gasteiger partial charge is 0.503 e. The lowest BCUT2D eigenvalue weighted by Crippen LogP contribution is -1.97. The summed E-state index contributed by atoms with van der Waals surface area (Å²) in [5, 5.41) is 9.20. The third kappa shape index (κ3) is 1.42. The Kier molecular flexibility index (Phi) is 1.42. The van der Waals surface area contributed by atoms with Crippen LogP contribution in [0.3, 0.4) is 0 Å². The highest BCUT2D eigenvalue weighted by Crippen LogP contribution is 2.30. The molecule has 0 aromatic carbocycles. The Morgan fingerprint density at radius 2 is 2.36 bits per heavy atom. The van der Waals surface area contributed by atoms with Crippen molar-refractivity contribution < 1.29 is 9.84 Å². The van der Waals surface area contributed by atoms with Gasteiger partial charge in [0, 0.05) is 6.20 Å². The molecule has 1 aliphatic carbocycles. The van der Waals surface area contributed by atoms with Crippen molar-refractivity contribution in [2.45, 2.75) is 18.9 Å². The van der Waals surface area contributed by atoms with Crippen LogP contribution in [-0.4, -0.2) is 16.2 Å². The zero-order chi connectivity index (χ0) is 7.68. The molecule has 0 spiro atoms. The van der Waals surface area contributed by atoms with Gasteiger partial charge in [-0.1, -0.05) is 0 Å². The molecule has 1 aromatic heterocycles. The monoisotopic (exact) mass is 151 g/mol. The van der Waals surface area contributed by atoms with Crippen molar-refractivity contribution in [3.63, 3.8) is 0 Å². The number of pyridine rings is 1. The maximum absolute atomic E-state index is 9.20. The molecule has 1 saturated carbocycles. The van der Waals surface area contributed by atoms with Gasteiger partial charge in [0.1, 0.15) is 6.10 Å². The topological polar surface area (TPSA) is 42.4 Å². The summed E-state index contributed by atoms with van der Waals surface area (Å²) in [5.41, 5.74) is 0. The van der Waals surface area contributed by atoms with Crippen LogP contribution in [0.15, 0.2) is 18.3 Å². The quantitative estimate of drug-likeness (QED) is 0.693. The highest BCUT2D eigenvalue weighted by Gasteiger charge is 2.24. The second-order valence-corrected chi connectivity index (χ2v) is 2.64. The minimum Gasteiger partial charge on any atom is -0.503 e. The van der Waals surface area contributed by atoms with Crippen molar-refractivity contribution in [3.8, 4) is 11.6 Å². The van der Waals surface area contributed by atoms with Gasteiger partial charge >= 0.3 is 0 Å². The molecular formula is C8H9NO2. The summed E-state index contributed by atoms with van der Waals surface area (Å²) in [6.45, 7) is 0. The number of rotatable bonds is 2. The van der Waals surface area contributed by atoms with Crippen LogP contribution in [0.5, 0.6) is 11.6 Å². The molecule has 0 saturated heterocycles. The standard InChI is InChI=1S/C8H9NO2/c10-7-2-1-5-9-8(7)11-6-3-4-6/h1-2,5-6,10H,3-4H2. The van der Waals surface area contributed by atoms with Gasteiger partial charge in [-0.15, -0.1) is 0 Å². The van der Waals surface area contributed by atoms with E-state index in [4.69, 9.17) is 4.74 Å². The molecule has 3 nitrogen and oxygen atoms in total. The first kappa shape index (κ1) is 6.46. The zero-order valence-electron chi connectivity index (χ0n) is 6.03. The normalized spacial score (nSPS) is 16.4. The number of aromatic hydroxyl groups is 1. The van der Waals surface area contributed by atoms with E-state index in [9.17, 15) is 5.11 Å². The van der Waals surface area contributed by atoms with Crippen LogP contribution in [0.25, 0.3) is 0 Å². The maximum Gasteiger partial charge on any atom is 0.257 e. The molecular weight excluding hydrogens is 142 g/mol. The van der Waals surface area contributed by atoms with Crippen LogP contribution in [0.1, 0.15) is 12.8 Å². The highest BCUT2D eigenvalue weighted by molar-refractivity contribution is 5.30. The van der Waals surface area contributed by atoms with E-state index in [1.54, 1.807) is 18.3 Å². The van der Waals surface area contributed by atoms with Gasteiger partial charge in [-0.3, -0.25) is 0 Å². The summed E-state index contributed by atoms with van der Waals surface area (Å²) in [5.74, 6) is 0.481. The maximum atomic E-state index is 9.20. The molecule has 1 fully saturated rings. The van der Waals surface area contributed by atoms with E-state index in [0.717, 1.165) is 12.8 Å². The molecule has 0 bridgehead atoms. The molecule has 0 radical (unpaired) electrons. The smallest absolute Gasteiger partial charge is 0.257 e. The Morgan fingerprint density at radius 3 is 3.00 bits per heavy atom. The Labute approximate surface area is 64.6 Å². The first-order valence-corrected chi connectivity index (χ1v) is 3.67. The van der Waals surface area contributed by atoms with Crippen molar-refractivity contribution in [3.05, 3.63) is 18.3 Å². The number of nitrogens with zero attached hydrogens (tertiary/aromatic N) is 1. The van der Waals surface area contributed by atoms with E-state index < -0.39 is 0 Å². The van der Waals surface area contributed by atoms with Crippen LogP contribution in [-0.2, 0) is 0 Å². The lowest BCUT2D eigenvalue weighted by molar-refractivity contribution is 0.274. The van der Waals surface area contributed by atoms with Crippen LogP contribution < -0.4 is 4.74 Å². The number of hydrogen-bond donors (Lipinski definition) is 1. The average molecular weight is 151 g/mol. The molecule has 1 heterocycles. The van der Waals surface area contributed by atoms with Crippen LogP contribution >= 0.6 is 0 Å². The Bertz CT molecular complexity index is 258. The molecule has 3 heteroatoms. The third-order valence-electron chi connectivity index (χ3n) is 1.55. The lowest BCUT2D eigenvalue weighted by atomic mass is 10.4. The summed E-state index contributed by atoms with van der Waals surface area (Å²) in [6.07, 6.45) is 4.06. The van der Waals surface area contributed by atoms with Gasteiger partial charge in [-0.2, -0.15) is 0 Å². The second kappa shape index (κ2) is 2.42. The SMILES string of the molecule is Oc1cccnc1OC1CC1. The van der Waals surface area contributed by atoms with Crippen molar-refractivity contribution in [2.24, 2.45) is 0 Å². The molecule has 2 rings (SSSR count). The fourth-order valence-corrected chi connectivity index (χ4v) is 0.817. The second-order valence-electron chi connectivity index (χ2n) is 2.64. The summed E-state index contributed by atoms with van der Waals surface area (Å²) >= 11 is 0. The zero-order valence-corrected chi connectivity index (χ0v) is 6.03. The summed E-state index contributed by atoms with van der Waals surface area (Å²) < 4.78 is 5.29. The summed E-state index contributed by atoms with van der Waals surface area (Å²) in [7, 11) is 0. The first-order chi connectivity index (χ1) is 5.36. The Balaban J connectivity index is 2.15. The molecule has 1 aliphatic rings. The highest BCUT2D eigenvalue weighted by atomic mass is 16.5. The van der Waals surface area contributed by atoms with E-state index in [1.807, 2.05) is 0 Å². The van der Waals surface area contributed by atoms with Gasteiger partial charge in [0.15, 0.2) is 5.75 Å². The fraction of sp³-hybridized carbons (Fsp3) is 0.375. The fourth-order valence-electron chi connectivity index (χ4n) is 0.817. The van der Waals surface area contributed by atoms with E-state index in [0.29, 0.717) is 5.88 Å². The molecule has 0 amide bonds. The molecule has 0 atom stereocenters. The van der Waals surface area contributed by atoms with Crippen LogP contribution in [0, 0.1) is 0 Å². The van der Waals surface area contributed by atoms with E-state index in [-0.39, 0.29) is 11.9 Å². The molecule has 11 heavy (non-hydrogen) atoms. The molecule has 0 aliphatic heterocycles.